The van der Waals surface area contributed by atoms with Gasteiger partial charge in [-0.2, -0.15) is 0 Å². The molecule has 9 heteroatoms. The molecule has 27 heavy (non-hydrogen) atoms. The molecule has 0 saturated heterocycles. The minimum atomic E-state index is -1.05. The lowest BCUT2D eigenvalue weighted by molar-refractivity contribution is -0.131. The van der Waals surface area contributed by atoms with Gasteiger partial charge < -0.3 is 9.84 Å². The van der Waals surface area contributed by atoms with Crippen LogP contribution in [0.1, 0.15) is 5.56 Å². The highest BCUT2D eigenvalue weighted by molar-refractivity contribution is 14.1. The van der Waals surface area contributed by atoms with E-state index in [9.17, 15) is 9.90 Å². The fourth-order valence-corrected chi connectivity index (χ4v) is 3.78. The van der Waals surface area contributed by atoms with Crippen molar-refractivity contribution in [1.82, 2.24) is 15.2 Å². The van der Waals surface area contributed by atoms with E-state index in [1.54, 1.807) is 37.5 Å². The second kappa shape index (κ2) is 8.77. The number of methoxy groups -OCH3 is 1. The van der Waals surface area contributed by atoms with Crippen LogP contribution in [0.2, 0.25) is 5.02 Å². The number of benzene rings is 2. The number of aromatic nitrogens is 3. The summed E-state index contributed by atoms with van der Waals surface area (Å²) in [5, 5.41) is 17.4. The number of halogens is 2. The molecule has 0 amide bonds. The summed E-state index contributed by atoms with van der Waals surface area (Å²) in [6.45, 7) is 0. The Balaban J connectivity index is 1.84. The molecular weight excluding hydrogens is 501 g/mol. The summed E-state index contributed by atoms with van der Waals surface area (Å²) in [4.78, 5) is 16.1. The van der Waals surface area contributed by atoms with E-state index in [0.717, 1.165) is 32.2 Å². The molecule has 0 saturated carbocycles. The number of thioether (sulfide) groups is 1. The number of carboxylic acid groups (broad SMARTS) is 1. The third-order valence-corrected chi connectivity index (χ3v) is 5.44. The number of aliphatic carboxylic acids is 1. The Kier molecular flexibility index (Phi) is 6.40. The lowest BCUT2D eigenvalue weighted by Gasteiger charge is -2.04. The van der Waals surface area contributed by atoms with Gasteiger partial charge in [-0.05, 0) is 82.4 Å². The molecule has 0 bridgehead atoms. The Hall–Kier alpha value is -2.04. The van der Waals surface area contributed by atoms with Gasteiger partial charge in [-0.15, -0.1) is 5.10 Å². The van der Waals surface area contributed by atoms with Gasteiger partial charge in [0.25, 0.3) is 0 Å². The summed E-state index contributed by atoms with van der Waals surface area (Å²) in [5.74, 6) is 0.223. The van der Waals surface area contributed by atoms with Crippen molar-refractivity contribution in [1.29, 1.82) is 0 Å². The average Bonchev–Trinajstić information content (AvgIpc) is 3.10. The van der Waals surface area contributed by atoms with Crippen LogP contribution in [-0.2, 0) is 4.79 Å². The maximum absolute atomic E-state index is 11.6. The molecule has 6 nitrogen and oxygen atoms in total. The van der Waals surface area contributed by atoms with Gasteiger partial charge in [-0.1, -0.05) is 17.7 Å². The fraction of sp³-hybridized carbons (Fsp3) is 0.0556. The molecule has 0 aliphatic heterocycles. The molecule has 138 valence electrons. The van der Waals surface area contributed by atoms with E-state index in [0.29, 0.717) is 16.0 Å². The molecule has 1 heterocycles. The van der Waals surface area contributed by atoms with Crippen molar-refractivity contribution < 1.29 is 14.6 Å². The Morgan fingerprint density at radius 1 is 1.30 bits per heavy atom. The first-order chi connectivity index (χ1) is 13.0. The van der Waals surface area contributed by atoms with E-state index in [4.69, 9.17) is 16.3 Å². The van der Waals surface area contributed by atoms with Crippen molar-refractivity contribution in [2.45, 2.75) is 5.16 Å². The highest BCUT2D eigenvalue weighted by Gasteiger charge is 2.15. The van der Waals surface area contributed by atoms with Crippen molar-refractivity contribution >= 4 is 58.0 Å². The van der Waals surface area contributed by atoms with Gasteiger partial charge in [0, 0.05) is 10.6 Å². The second-order valence-corrected chi connectivity index (χ2v) is 7.89. The number of hydrogen-bond acceptors (Lipinski definition) is 5. The minimum absolute atomic E-state index is 0.109. The Morgan fingerprint density at radius 3 is 2.67 bits per heavy atom. The molecule has 0 fully saturated rings. The second-order valence-electron chi connectivity index (χ2n) is 5.28. The Labute approximate surface area is 178 Å². The summed E-state index contributed by atoms with van der Waals surface area (Å²) in [6.07, 6.45) is 1.58. The van der Waals surface area contributed by atoms with Crippen molar-refractivity contribution in [3.8, 4) is 17.1 Å². The monoisotopic (exact) mass is 513 g/mol. The fourth-order valence-electron chi connectivity index (χ4n) is 2.19. The molecule has 0 atom stereocenters. The number of nitrogens with one attached hydrogen (secondary N) is 1. The number of carboxylic acids is 1. The van der Waals surface area contributed by atoms with Gasteiger partial charge in [-0.3, -0.25) is 5.10 Å². The Bertz CT molecular complexity index is 1010. The van der Waals surface area contributed by atoms with E-state index in [1.165, 1.54) is 0 Å². The van der Waals surface area contributed by atoms with Crippen LogP contribution < -0.4 is 4.74 Å². The average molecular weight is 514 g/mol. The SMILES string of the molecule is COc1ccc(/C=C(\Sc2n[nH]c(-c3ccc(Cl)cc3)n2)C(=O)O)cc1I. The predicted octanol–water partition coefficient (Wildman–Crippen LogP) is 4.96. The lowest BCUT2D eigenvalue weighted by atomic mass is 10.2. The van der Waals surface area contributed by atoms with Crippen LogP contribution in [-0.4, -0.2) is 33.4 Å². The first kappa shape index (κ1) is 19.7. The van der Waals surface area contributed by atoms with Crippen LogP contribution in [0.15, 0.2) is 52.5 Å². The zero-order valence-electron chi connectivity index (χ0n) is 13.9. The summed E-state index contributed by atoms with van der Waals surface area (Å²) < 4.78 is 6.11. The number of hydrogen-bond donors (Lipinski definition) is 2. The van der Waals surface area contributed by atoms with Crippen LogP contribution in [0.25, 0.3) is 17.5 Å². The van der Waals surface area contributed by atoms with Crippen molar-refractivity contribution in [2.24, 2.45) is 0 Å². The van der Waals surface area contributed by atoms with Crippen LogP contribution >= 0.6 is 46.0 Å². The maximum atomic E-state index is 11.6. The van der Waals surface area contributed by atoms with Gasteiger partial charge in [0.15, 0.2) is 5.82 Å². The zero-order valence-corrected chi connectivity index (χ0v) is 17.7. The first-order valence-electron chi connectivity index (χ1n) is 7.61. The van der Waals surface area contributed by atoms with Crippen molar-refractivity contribution in [3.63, 3.8) is 0 Å². The van der Waals surface area contributed by atoms with Gasteiger partial charge >= 0.3 is 5.97 Å². The summed E-state index contributed by atoms with van der Waals surface area (Å²) in [6, 6.07) is 12.6. The van der Waals surface area contributed by atoms with Crippen molar-refractivity contribution in [2.75, 3.05) is 7.11 Å². The smallest absolute Gasteiger partial charge is 0.342 e. The zero-order chi connectivity index (χ0) is 19.4. The summed E-state index contributed by atoms with van der Waals surface area (Å²) in [5.41, 5.74) is 1.56. The first-order valence-corrected chi connectivity index (χ1v) is 9.88. The number of rotatable bonds is 6. The lowest BCUT2D eigenvalue weighted by Crippen LogP contribution is -1.97. The molecule has 0 aliphatic carbocycles. The molecule has 3 aromatic rings. The quantitative estimate of drug-likeness (QED) is 0.275. The summed E-state index contributed by atoms with van der Waals surface area (Å²) in [7, 11) is 1.59. The van der Waals surface area contributed by atoms with Crippen LogP contribution in [0.5, 0.6) is 5.75 Å². The molecule has 0 radical (unpaired) electrons. The number of carbonyl (C=O) groups is 1. The normalized spacial score (nSPS) is 11.4. The molecular formula is C18H13ClIN3O3S. The molecule has 1 aromatic heterocycles. The van der Waals surface area contributed by atoms with Crippen molar-refractivity contribution in [3.05, 3.63) is 61.5 Å². The van der Waals surface area contributed by atoms with E-state index >= 15 is 0 Å². The van der Waals surface area contributed by atoms with Crippen LogP contribution in [0.3, 0.4) is 0 Å². The maximum Gasteiger partial charge on any atom is 0.342 e. The molecule has 2 aromatic carbocycles. The van der Waals surface area contributed by atoms with Gasteiger partial charge in [0.05, 0.1) is 10.7 Å². The van der Waals surface area contributed by atoms with Crippen LogP contribution in [0, 0.1) is 3.57 Å². The van der Waals surface area contributed by atoms with E-state index < -0.39 is 5.97 Å². The molecule has 0 aliphatic rings. The number of nitrogens with zero attached hydrogens (tertiary/aromatic N) is 2. The number of H-pyrrole nitrogens is 1. The molecule has 0 spiro atoms. The third-order valence-electron chi connectivity index (χ3n) is 3.47. The van der Waals surface area contributed by atoms with E-state index in [1.807, 2.05) is 18.2 Å². The van der Waals surface area contributed by atoms with Crippen LogP contribution in [0.4, 0.5) is 0 Å². The topological polar surface area (TPSA) is 88.1 Å². The largest absolute Gasteiger partial charge is 0.496 e. The predicted molar refractivity (Wildman–Crippen MR) is 114 cm³/mol. The van der Waals surface area contributed by atoms with E-state index in [2.05, 4.69) is 37.8 Å². The van der Waals surface area contributed by atoms with E-state index in [-0.39, 0.29) is 4.91 Å². The summed E-state index contributed by atoms with van der Waals surface area (Å²) >= 11 is 9.00. The third kappa shape index (κ3) is 5.02. The molecule has 2 N–H and O–H groups in total. The molecule has 0 unspecified atom stereocenters. The molecule has 3 rings (SSSR count). The Morgan fingerprint density at radius 2 is 2.04 bits per heavy atom. The number of aromatic amines is 1. The van der Waals surface area contributed by atoms with Gasteiger partial charge in [0.1, 0.15) is 10.7 Å². The van der Waals surface area contributed by atoms with Gasteiger partial charge in [-0.25, -0.2) is 9.78 Å². The number of ether oxygens (including phenoxy) is 1. The highest BCUT2D eigenvalue weighted by Crippen LogP contribution is 2.29. The highest BCUT2D eigenvalue weighted by atomic mass is 127. The van der Waals surface area contributed by atoms with Gasteiger partial charge in [0.2, 0.25) is 5.16 Å². The standard InChI is InChI=1S/C18H13ClIN3O3S/c1-26-14-7-2-10(8-13(14)20)9-15(17(24)25)27-18-21-16(22-23-18)11-3-5-12(19)6-4-11/h2-9H,1H3,(H,24,25)(H,21,22,23)/b15-9-. The minimum Gasteiger partial charge on any atom is -0.496 e.